The van der Waals surface area contributed by atoms with Gasteiger partial charge >= 0.3 is 6.18 Å². The predicted molar refractivity (Wildman–Crippen MR) is 102 cm³/mol. The second-order valence-electron chi connectivity index (χ2n) is 6.65. The Labute approximate surface area is 169 Å². The molecular formula is C20H17F3N4O3. The third-order valence-electron chi connectivity index (χ3n) is 4.60. The first kappa shape index (κ1) is 21.0. The number of alkyl halides is 3. The molecule has 1 heterocycles. The van der Waals surface area contributed by atoms with Crippen molar-refractivity contribution >= 4 is 11.6 Å². The van der Waals surface area contributed by atoms with Gasteiger partial charge in [0.1, 0.15) is 0 Å². The van der Waals surface area contributed by atoms with Crippen LogP contribution in [0.4, 0.5) is 18.9 Å². The number of nitrogens with zero attached hydrogens (tertiary/aromatic N) is 4. The van der Waals surface area contributed by atoms with Crippen LogP contribution in [0.25, 0.3) is 5.69 Å². The Bertz CT molecular complexity index is 1110. The number of rotatable bonds is 5. The molecule has 2 aromatic carbocycles. The minimum Gasteiger partial charge on any atom is -0.337 e. The fourth-order valence-electron chi connectivity index (χ4n) is 3.05. The van der Waals surface area contributed by atoms with Crippen molar-refractivity contribution in [3.63, 3.8) is 0 Å². The van der Waals surface area contributed by atoms with E-state index >= 15 is 0 Å². The largest absolute Gasteiger partial charge is 0.416 e. The zero-order chi connectivity index (χ0) is 22.1. The molecular weight excluding hydrogens is 401 g/mol. The molecule has 3 aromatic rings. The van der Waals surface area contributed by atoms with Crippen LogP contribution < -0.4 is 0 Å². The Balaban J connectivity index is 1.87. The molecule has 0 aliphatic rings. The van der Waals surface area contributed by atoms with Gasteiger partial charge in [-0.1, -0.05) is 24.3 Å². The van der Waals surface area contributed by atoms with Crippen LogP contribution in [0, 0.1) is 17.0 Å². The molecule has 0 spiro atoms. The SMILES string of the molecule is Cc1c(C(=O)N(C)Cc2ccccc2[N+](=O)[O-])cnn1-c1cccc(C(F)(F)F)c1. The van der Waals surface area contributed by atoms with Crippen molar-refractivity contribution in [1.29, 1.82) is 0 Å². The van der Waals surface area contributed by atoms with Gasteiger partial charge in [0.15, 0.2) is 0 Å². The van der Waals surface area contributed by atoms with Gasteiger partial charge in [-0.3, -0.25) is 14.9 Å². The summed E-state index contributed by atoms with van der Waals surface area (Å²) in [5.74, 6) is -0.455. The molecule has 30 heavy (non-hydrogen) atoms. The molecule has 0 saturated heterocycles. The molecule has 0 aliphatic heterocycles. The fourth-order valence-corrected chi connectivity index (χ4v) is 3.05. The number of hydrogen-bond donors (Lipinski definition) is 0. The van der Waals surface area contributed by atoms with E-state index in [0.29, 0.717) is 11.3 Å². The van der Waals surface area contributed by atoms with Crippen LogP contribution >= 0.6 is 0 Å². The van der Waals surface area contributed by atoms with Crippen LogP contribution in [-0.4, -0.2) is 32.6 Å². The second-order valence-corrected chi connectivity index (χ2v) is 6.65. The van der Waals surface area contributed by atoms with Gasteiger partial charge in [-0.2, -0.15) is 18.3 Å². The average Bonchev–Trinajstić information content (AvgIpc) is 3.08. The Kier molecular flexibility index (Phi) is 5.59. The first-order valence-corrected chi connectivity index (χ1v) is 8.79. The van der Waals surface area contributed by atoms with Crippen LogP contribution in [0.1, 0.15) is 27.2 Å². The highest BCUT2D eigenvalue weighted by Crippen LogP contribution is 2.30. The van der Waals surface area contributed by atoms with E-state index in [9.17, 15) is 28.1 Å². The summed E-state index contributed by atoms with van der Waals surface area (Å²) >= 11 is 0. The summed E-state index contributed by atoms with van der Waals surface area (Å²) in [6, 6.07) is 10.7. The summed E-state index contributed by atoms with van der Waals surface area (Å²) < 4.78 is 40.2. The van der Waals surface area contributed by atoms with Crippen LogP contribution in [0.5, 0.6) is 0 Å². The van der Waals surface area contributed by atoms with Crippen LogP contribution in [0.15, 0.2) is 54.7 Å². The minimum absolute atomic E-state index is 0.00976. The molecule has 156 valence electrons. The van der Waals surface area contributed by atoms with Crippen molar-refractivity contribution in [3.8, 4) is 5.69 Å². The van der Waals surface area contributed by atoms with E-state index in [2.05, 4.69) is 5.10 Å². The van der Waals surface area contributed by atoms with E-state index in [-0.39, 0.29) is 23.5 Å². The summed E-state index contributed by atoms with van der Waals surface area (Å²) in [5, 5.41) is 15.2. The van der Waals surface area contributed by atoms with Crippen LogP contribution in [0.3, 0.4) is 0 Å². The maximum Gasteiger partial charge on any atom is 0.416 e. The minimum atomic E-state index is -4.50. The van der Waals surface area contributed by atoms with Gasteiger partial charge in [0.2, 0.25) is 0 Å². The summed E-state index contributed by atoms with van der Waals surface area (Å²) in [6.45, 7) is 1.56. The quantitative estimate of drug-likeness (QED) is 0.455. The van der Waals surface area contributed by atoms with Crippen LogP contribution in [0.2, 0.25) is 0 Å². The number of carbonyl (C=O) groups excluding carboxylic acids is 1. The third kappa shape index (κ3) is 4.17. The van der Waals surface area contributed by atoms with Crippen molar-refractivity contribution in [3.05, 3.63) is 87.2 Å². The Morgan fingerprint density at radius 1 is 1.20 bits per heavy atom. The number of aromatic nitrogens is 2. The highest BCUT2D eigenvalue weighted by Gasteiger charge is 2.31. The smallest absolute Gasteiger partial charge is 0.337 e. The molecule has 1 amide bonds. The number of halogens is 3. The van der Waals surface area contributed by atoms with E-state index in [0.717, 1.165) is 12.1 Å². The normalized spacial score (nSPS) is 11.4. The topological polar surface area (TPSA) is 81.3 Å². The molecule has 3 rings (SSSR count). The summed E-state index contributed by atoms with van der Waals surface area (Å²) in [7, 11) is 1.49. The zero-order valence-corrected chi connectivity index (χ0v) is 16.1. The number of nitro groups is 1. The van der Waals surface area contributed by atoms with Gasteiger partial charge in [0.05, 0.1) is 40.2 Å². The lowest BCUT2D eigenvalue weighted by molar-refractivity contribution is -0.385. The molecule has 0 radical (unpaired) electrons. The Morgan fingerprint density at radius 2 is 1.90 bits per heavy atom. The lowest BCUT2D eigenvalue weighted by atomic mass is 10.1. The van der Waals surface area contributed by atoms with Gasteiger partial charge < -0.3 is 4.90 Å². The maximum atomic E-state index is 13.0. The molecule has 0 N–H and O–H groups in total. The lowest BCUT2D eigenvalue weighted by Crippen LogP contribution is -2.27. The molecule has 0 unspecified atom stereocenters. The van der Waals surface area contributed by atoms with Gasteiger partial charge in [-0.05, 0) is 25.1 Å². The molecule has 0 atom stereocenters. The monoisotopic (exact) mass is 418 g/mol. The standard InChI is InChI=1S/C20H17F3N4O3/c1-13-17(11-24-26(13)16-8-5-7-15(10-16)20(21,22)23)19(28)25(2)12-14-6-3-4-9-18(14)27(29)30/h3-11H,12H2,1-2H3. The van der Waals surface area contributed by atoms with Gasteiger partial charge in [-0.15, -0.1) is 0 Å². The maximum absolute atomic E-state index is 13.0. The molecule has 1 aromatic heterocycles. The van der Waals surface area contributed by atoms with Crippen molar-refractivity contribution in [2.24, 2.45) is 0 Å². The fraction of sp³-hybridized carbons (Fsp3) is 0.200. The van der Waals surface area contributed by atoms with E-state index in [4.69, 9.17) is 0 Å². The van der Waals surface area contributed by atoms with E-state index in [1.807, 2.05) is 0 Å². The second kappa shape index (κ2) is 7.97. The Hall–Kier alpha value is -3.69. The Morgan fingerprint density at radius 3 is 2.57 bits per heavy atom. The lowest BCUT2D eigenvalue weighted by Gasteiger charge is -2.17. The number of nitro benzene ring substituents is 1. The van der Waals surface area contributed by atoms with E-state index in [1.54, 1.807) is 19.1 Å². The van der Waals surface area contributed by atoms with Crippen LogP contribution in [-0.2, 0) is 12.7 Å². The molecule has 0 fully saturated rings. The first-order chi connectivity index (χ1) is 14.1. The van der Waals surface area contributed by atoms with Crippen molar-refractivity contribution < 1.29 is 22.9 Å². The average molecular weight is 418 g/mol. The highest BCUT2D eigenvalue weighted by molar-refractivity contribution is 5.95. The molecule has 0 aliphatic carbocycles. The molecule has 0 saturated carbocycles. The van der Waals surface area contributed by atoms with E-state index in [1.165, 1.54) is 47.1 Å². The highest BCUT2D eigenvalue weighted by atomic mass is 19.4. The number of para-hydroxylation sites is 1. The van der Waals surface area contributed by atoms with Gasteiger partial charge in [0.25, 0.3) is 11.6 Å². The van der Waals surface area contributed by atoms with E-state index < -0.39 is 22.6 Å². The zero-order valence-electron chi connectivity index (χ0n) is 16.1. The number of hydrogen-bond acceptors (Lipinski definition) is 4. The van der Waals surface area contributed by atoms with Crippen molar-refractivity contribution in [2.75, 3.05) is 7.05 Å². The summed E-state index contributed by atoms with van der Waals surface area (Å²) in [6.07, 6.45) is -3.23. The third-order valence-corrected chi connectivity index (χ3v) is 4.60. The summed E-state index contributed by atoms with van der Waals surface area (Å²) in [4.78, 5) is 24.8. The number of benzene rings is 2. The van der Waals surface area contributed by atoms with Crippen molar-refractivity contribution in [2.45, 2.75) is 19.6 Å². The molecule has 10 heteroatoms. The number of carbonyl (C=O) groups is 1. The molecule has 7 nitrogen and oxygen atoms in total. The predicted octanol–water partition coefficient (Wildman–Crippen LogP) is 4.38. The first-order valence-electron chi connectivity index (χ1n) is 8.79. The number of amides is 1. The molecule has 0 bridgehead atoms. The van der Waals surface area contributed by atoms with Crippen molar-refractivity contribution in [1.82, 2.24) is 14.7 Å². The van der Waals surface area contributed by atoms with Gasteiger partial charge in [0, 0.05) is 18.7 Å². The van der Waals surface area contributed by atoms with Gasteiger partial charge in [-0.25, -0.2) is 4.68 Å². The summed E-state index contributed by atoms with van der Waals surface area (Å²) in [5.41, 5.74) is 0.149.